The van der Waals surface area contributed by atoms with Crippen LogP contribution in [0.5, 0.6) is 0 Å². The van der Waals surface area contributed by atoms with Crippen molar-refractivity contribution in [2.75, 3.05) is 6.54 Å². The molecule has 1 amide bonds. The van der Waals surface area contributed by atoms with Crippen LogP contribution in [-0.2, 0) is 11.2 Å². The van der Waals surface area contributed by atoms with E-state index in [1.165, 1.54) is 15.7 Å². The van der Waals surface area contributed by atoms with Gasteiger partial charge in [0.25, 0.3) is 0 Å². The van der Waals surface area contributed by atoms with Gasteiger partial charge >= 0.3 is 0 Å². The molecule has 0 fully saturated rings. The second-order valence-corrected chi connectivity index (χ2v) is 5.89. The van der Waals surface area contributed by atoms with Gasteiger partial charge in [-0.15, -0.1) is 0 Å². The largest absolute Gasteiger partial charge is 0.273 e. The van der Waals surface area contributed by atoms with Crippen LogP contribution in [0.1, 0.15) is 26.3 Å². The maximum atomic E-state index is 12.4. The van der Waals surface area contributed by atoms with E-state index in [1.807, 2.05) is 39.1 Å². The molecule has 0 bridgehead atoms. The lowest BCUT2D eigenvalue weighted by Crippen LogP contribution is -2.39. The fourth-order valence-electron chi connectivity index (χ4n) is 2.56. The minimum atomic E-state index is -0.589. The summed E-state index contributed by atoms with van der Waals surface area (Å²) in [5.41, 5.74) is 0.523. The quantitative estimate of drug-likeness (QED) is 0.632. The lowest BCUT2D eigenvalue weighted by atomic mass is 9.84. The van der Waals surface area contributed by atoms with E-state index in [9.17, 15) is 4.79 Å². The van der Waals surface area contributed by atoms with Gasteiger partial charge in [-0.05, 0) is 29.7 Å². The summed E-state index contributed by atoms with van der Waals surface area (Å²) in [4.78, 5) is 13.6. The molecule has 0 aliphatic rings. The molecule has 2 aromatic rings. The van der Waals surface area contributed by atoms with E-state index in [0.29, 0.717) is 13.0 Å². The highest BCUT2D eigenvalue weighted by Gasteiger charge is 2.31. The molecule has 0 spiro atoms. The zero-order valence-corrected chi connectivity index (χ0v) is 12.8. The maximum Gasteiger partial charge on any atom is 0.241 e. The number of rotatable bonds is 4. The molecular weight excluding hydrogens is 260 g/mol. The summed E-state index contributed by atoms with van der Waals surface area (Å²) in [6.45, 7) is 6.01. The van der Waals surface area contributed by atoms with Gasteiger partial charge in [-0.1, -0.05) is 56.3 Å². The molecule has 0 atom stereocenters. The summed E-state index contributed by atoms with van der Waals surface area (Å²) in [7, 11) is 0. The third kappa shape index (κ3) is 3.22. The fraction of sp³-hybridized carbons (Fsp3) is 0.333. The number of fused-ring (bicyclic) bond motifs is 1. The van der Waals surface area contributed by atoms with Crippen LogP contribution in [0.4, 0.5) is 0 Å². The molecule has 0 unspecified atom stereocenters. The van der Waals surface area contributed by atoms with Crippen molar-refractivity contribution in [3.05, 3.63) is 48.0 Å². The molecule has 2 rings (SSSR count). The summed E-state index contributed by atoms with van der Waals surface area (Å²) in [5.74, 6) is -0.124. The summed E-state index contributed by atoms with van der Waals surface area (Å²) in [6, 6.07) is 14.4. The van der Waals surface area contributed by atoms with E-state index in [-0.39, 0.29) is 5.91 Å². The number of nitriles is 1. The standard InChI is InChI=1S/C18H20N2O/c1-4-20(13-19)17(21)18(2,3)12-14-9-10-15-7-5-6-8-16(15)11-14/h5-11H,4,12H2,1-3H3. The van der Waals surface area contributed by atoms with Crippen LogP contribution in [0.3, 0.4) is 0 Å². The van der Waals surface area contributed by atoms with Crippen LogP contribution in [0.15, 0.2) is 42.5 Å². The number of benzene rings is 2. The molecule has 21 heavy (non-hydrogen) atoms. The second-order valence-electron chi connectivity index (χ2n) is 5.89. The average Bonchev–Trinajstić information content (AvgIpc) is 2.48. The van der Waals surface area contributed by atoms with Crippen molar-refractivity contribution in [2.24, 2.45) is 5.41 Å². The molecule has 0 saturated heterocycles. The van der Waals surface area contributed by atoms with Crippen molar-refractivity contribution in [2.45, 2.75) is 27.2 Å². The third-order valence-electron chi connectivity index (χ3n) is 3.72. The number of amides is 1. The maximum absolute atomic E-state index is 12.4. The third-order valence-corrected chi connectivity index (χ3v) is 3.72. The van der Waals surface area contributed by atoms with Crippen molar-refractivity contribution in [1.29, 1.82) is 5.26 Å². The molecule has 0 aliphatic carbocycles. The summed E-state index contributed by atoms with van der Waals surface area (Å²) < 4.78 is 0. The van der Waals surface area contributed by atoms with E-state index in [4.69, 9.17) is 5.26 Å². The molecule has 0 aromatic heterocycles. The zero-order chi connectivity index (χ0) is 15.5. The summed E-state index contributed by atoms with van der Waals surface area (Å²) >= 11 is 0. The van der Waals surface area contributed by atoms with Gasteiger partial charge in [0.2, 0.25) is 5.91 Å². The monoisotopic (exact) mass is 280 g/mol. The SMILES string of the molecule is CCN(C#N)C(=O)C(C)(C)Cc1ccc2ccccc2c1. The van der Waals surface area contributed by atoms with Crippen LogP contribution in [-0.4, -0.2) is 17.4 Å². The second kappa shape index (κ2) is 5.97. The first kappa shape index (κ1) is 15.1. The average molecular weight is 280 g/mol. The molecule has 0 radical (unpaired) electrons. The molecule has 2 aromatic carbocycles. The zero-order valence-electron chi connectivity index (χ0n) is 12.8. The van der Waals surface area contributed by atoms with Gasteiger partial charge in [-0.3, -0.25) is 4.79 Å². The first-order valence-corrected chi connectivity index (χ1v) is 7.17. The first-order valence-electron chi connectivity index (χ1n) is 7.17. The molecule has 3 nitrogen and oxygen atoms in total. The lowest BCUT2D eigenvalue weighted by Gasteiger charge is -2.27. The molecule has 0 N–H and O–H groups in total. The number of hydrogen-bond acceptors (Lipinski definition) is 2. The predicted octanol–water partition coefficient (Wildman–Crippen LogP) is 3.74. The molecule has 0 saturated carbocycles. The minimum absolute atomic E-state index is 0.124. The Balaban J connectivity index is 2.26. The predicted molar refractivity (Wildman–Crippen MR) is 84.4 cm³/mol. The van der Waals surface area contributed by atoms with Crippen molar-refractivity contribution in [3.63, 3.8) is 0 Å². The molecule has 108 valence electrons. The fourth-order valence-corrected chi connectivity index (χ4v) is 2.56. The van der Waals surface area contributed by atoms with E-state index in [2.05, 4.69) is 30.3 Å². The highest BCUT2D eigenvalue weighted by Crippen LogP contribution is 2.26. The van der Waals surface area contributed by atoms with Gasteiger partial charge in [-0.25, -0.2) is 4.90 Å². The highest BCUT2D eigenvalue weighted by molar-refractivity contribution is 5.85. The van der Waals surface area contributed by atoms with Gasteiger partial charge in [0.05, 0.1) is 0 Å². The Morgan fingerprint density at radius 3 is 2.48 bits per heavy atom. The molecule has 0 aliphatic heterocycles. The van der Waals surface area contributed by atoms with Crippen LogP contribution < -0.4 is 0 Å². The van der Waals surface area contributed by atoms with Gasteiger partial charge in [0, 0.05) is 12.0 Å². The van der Waals surface area contributed by atoms with Crippen molar-refractivity contribution < 1.29 is 4.79 Å². The Labute approximate surface area is 125 Å². The Bertz CT molecular complexity index is 698. The smallest absolute Gasteiger partial charge is 0.241 e. The number of hydrogen-bond donors (Lipinski definition) is 0. The normalized spacial score (nSPS) is 11.1. The highest BCUT2D eigenvalue weighted by atomic mass is 16.2. The van der Waals surface area contributed by atoms with Crippen molar-refractivity contribution in [3.8, 4) is 6.19 Å². The van der Waals surface area contributed by atoms with Crippen LogP contribution in [0, 0.1) is 16.9 Å². The van der Waals surface area contributed by atoms with Gasteiger partial charge in [0.1, 0.15) is 0 Å². The summed E-state index contributed by atoms with van der Waals surface area (Å²) in [6.07, 6.45) is 2.58. The first-order chi connectivity index (χ1) is 9.97. The van der Waals surface area contributed by atoms with Gasteiger partial charge in [0.15, 0.2) is 6.19 Å². The topological polar surface area (TPSA) is 44.1 Å². The van der Waals surface area contributed by atoms with E-state index in [1.54, 1.807) is 0 Å². The molecular formula is C18H20N2O. The number of carbonyl (C=O) groups is 1. The van der Waals surface area contributed by atoms with Crippen LogP contribution >= 0.6 is 0 Å². The minimum Gasteiger partial charge on any atom is -0.273 e. The van der Waals surface area contributed by atoms with Crippen LogP contribution in [0.2, 0.25) is 0 Å². The van der Waals surface area contributed by atoms with Crippen molar-refractivity contribution in [1.82, 2.24) is 4.90 Å². The van der Waals surface area contributed by atoms with E-state index >= 15 is 0 Å². The lowest BCUT2D eigenvalue weighted by molar-refractivity contribution is -0.136. The Hall–Kier alpha value is -2.34. The van der Waals surface area contributed by atoms with Gasteiger partial charge in [-0.2, -0.15) is 5.26 Å². The summed E-state index contributed by atoms with van der Waals surface area (Å²) in [5, 5.41) is 11.4. The van der Waals surface area contributed by atoms with Gasteiger partial charge < -0.3 is 0 Å². The Kier molecular flexibility index (Phi) is 4.28. The number of carbonyl (C=O) groups excluding carboxylic acids is 1. The molecule has 0 heterocycles. The number of nitrogens with zero attached hydrogens (tertiary/aromatic N) is 2. The Morgan fingerprint density at radius 1 is 1.19 bits per heavy atom. The van der Waals surface area contributed by atoms with E-state index < -0.39 is 5.41 Å². The van der Waals surface area contributed by atoms with Crippen LogP contribution in [0.25, 0.3) is 10.8 Å². The van der Waals surface area contributed by atoms with E-state index in [0.717, 1.165) is 5.56 Å². The molecule has 3 heteroatoms. The van der Waals surface area contributed by atoms with Crippen molar-refractivity contribution >= 4 is 16.7 Å². The Morgan fingerprint density at radius 2 is 1.86 bits per heavy atom.